The lowest BCUT2D eigenvalue weighted by atomic mass is 10.9. The minimum atomic E-state index is -1.76. The average Bonchev–Trinajstić information content (AvgIpc) is 2.12. The molecule has 1 heterocycles. The van der Waals surface area contributed by atoms with Gasteiger partial charge in [-0.2, -0.15) is 8.78 Å². The number of hydrogen-bond acceptors (Lipinski definition) is 1. The van der Waals surface area contributed by atoms with E-state index in [0.717, 1.165) is 6.33 Å². The zero-order valence-corrected chi connectivity index (χ0v) is 3.88. The van der Waals surface area contributed by atoms with Gasteiger partial charge in [-0.25, -0.2) is 4.98 Å². The first kappa shape index (κ1) is 5.21. The van der Waals surface area contributed by atoms with Crippen LogP contribution in [-0.4, -0.2) is 9.55 Å². The van der Waals surface area contributed by atoms with E-state index in [1.807, 2.05) is 0 Å². The predicted molar refractivity (Wildman–Crippen MR) is 23.1 cm³/mol. The van der Waals surface area contributed by atoms with E-state index in [2.05, 4.69) is 4.98 Å². The van der Waals surface area contributed by atoms with Crippen LogP contribution in [0.3, 0.4) is 0 Å². The van der Waals surface area contributed by atoms with Crippen LogP contribution in [0.4, 0.5) is 8.78 Å². The normalized spacial score (nSPS) is 10.4. The topological polar surface area (TPSA) is 17.8 Å². The maximum Gasteiger partial charge on any atom is 0.413 e. The van der Waals surface area contributed by atoms with Crippen molar-refractivity contribution in [3.63, 3.8) is 0 Å². The number of nitrogens with zero attached hydrogens (tertiary/aromatic N) is 2. The number of aromatic nitrogens is 2. The molecule has 0 saturated heterocycles. The van der Waals surface area contributed by atoms with Crippen LogP contribution in [0.1, 0.15) is 0 Å². The molecule has 0 aliphatic rings. The Morgan fingerprint density at radius 1 is 1.50 bits per heavy atom. The van der Waals surface area contributed by atoms with Crippen molar-refractivity contribution in [2.45, 2.75) is 0 Å². The van der Waals surface area contributed by atoms with Crippen molar-refractivity contribution < 1.29 is 8.78 Å². The fraction of sp³-hybridized carbons (Fsp3) is 0. The lowest BCUT2D eigenvalue weighted by Gasteiger charge is -1.91. The largest absolute Gasteiger partial charge is 0.413 e. The highest BCUT2D eigenvalue weighted by molar-refractivity contribution is 4.80. The van der Waals surface area contributed by atoms with Crippen LogP contribution < -0.4 is 0 Å². The second-order valence-electron chi connectivity index (χ2n) is 1.21. The molecular formula is C4H3F2N2. The van der Waals surface area contributed by atoms with Gasteiger partial charge in [-0.15, -0.1) is 0 Å². The molecule has 0 N–H and O–H groups in total. The molecule has 0 aliphatic carbocycles. The Kier molecular flexibility index (Phi) is 1.24. The van der Waals surface area contributed by atoms with Gasteiger partial charge in [0.25, 0.3) is 0 Å². The quantitative estimate of drug-likeness (QED) is 0.538. The molecule has 1 rings (SSSR count). The molecule has 0 unspecified atom stereocenters. The fourth-order valence-corrected chi connectivity index (χ4v) is 0.359. The molecule has 0 saturated carbocycles. The molecule has 0 atom stereocenters. The number of hydrogen-bond donors (Lipinski definition) is 0. The Balaban J connectivity index is 2.77. The molecule has 43 valence electrons. The molecule has 0 fully saturated rings. The Morgan fingerprint density at radius 2 is 2.25 bits per heavy atom. The number of halogens is 2. The first-order valence-corrected chi connectivity index (χ1v) is 1.97. The van der Waals surface area contributed by atoms with E-state index in [4.69, 9.17) is 0 Å². The standard InChI is InChI=1S/C4H3F2N2/c5-4(6)8-2-1-7-3-8/h1-3H. The summed E-state index contributed by atoms with van der Waals surface area (Å²) in [5.41, 5.74) is 0. The van der Waals surface area contributed by atoms with Crippen LogP contribution in [0.25, 0.3) is 0 Å². The third-order valence-electron chi connectivity index (χ3n) is 0.700. The van der Waals surface area contributed by atoms with Crippen LogP contribution in [0, 0.1) is 6.55 Å². The molecule has 0 aromatic carbocycles. The maximum atomic E-state index is 11.4. The van der Waals surface area contributed by atoms with Crippen molar-refractivity contribution in [1.82, 2.24) is 9.55 Å². The smallest absolute Gasteiger partial charge is 0.271 e. The number of rotatable bonds is 1. The van der Waals surface area contributed by atoms with Crippen molar-refractivity contribution in [1.29, 1.82) is 0 Å². The van der Waals surface area contributed by atoms with Gasteiger partial charge in [0.15, 0.2) is 0 Å². The van der Waals surface area contributed by atoms with E-state index in [1.165, 1.54) is 12.4 Å². The molecule has 1 aromatic rings. The molecule has 0 spiro atoms. The van der Waals surface area contributed by atoms with Crippen LogP contribution in [0.5, 0.6) is 0 Å². The third kappa shape index (κ3) is 0.828. The summed E-state index contributed by atoms with van der Waals surface area (Å²) in [7, 11) is 0. The highest BCUT2D eigenvalue weighted by atomic mass is 19.3. The van der Waals surface area contributed by atoms with Gasteiger partial charge in [0.05, 0.1) is 6.33 Å². The summed E-state index contributed by atoms with van der Waals surface area (Å²) >= 11 is 0. The lowest BCUT2D eigenvalue weighted by Crippen LogP contribution is -1.92. The van der Waals surface area contributed by atoms with Gasteiger partial charge >= 0.3 is 6.55 Å². The van der Waals surface area contributed by atoms with E-state index in [1.54, 1.807) is 0 Å². The molecule has 2 nitrogen and oxygen atoms in total. The SMILES string of the molecule is F[C](F)n1ccnc1. The first-order chi connectivity index (χ1) is 3.80. The van der Waals surface area contributed by atoms with E-state index in [9.17, 15) is 8.78 Å². The highest BCUT2D eigenvalue weighted by Crippen LogP contribution is 2.04. The van der Waals surface area contributed by atoms with Crippen molar-refractivity contribution in [3.8, 4) is 0 Å². The molecule has 0 aliphatic heterocycles. The Labute approximate surface area is 44.8 Å². The zero-order chi connectivity index (χ0) is 5.98. The van der Waals surface area contributed by atoms with E-state index in [-0.39, 0.29) is 0 Å². The summed E-state index contributed by atoms with van der Waals surface area (Å²) in [4.78, 5) is 3.41. The second kappa shape index (κ2) is 1.90. The fourth-order valence-electron chi connectivity index (χ4n) is 0.359. The monoisotopic (exact) mass is 117 g/mol. The van der Waals surface area contributed by atoms with Crippen molar-refractivity contribution >= 4 is 0 Å². The summed E-state index contributed by atoms with van der Waals surface area (Å²) in [5.74, 6) is 0. The molecule has 0 bridgehead atoms. The van der Waals surface area contributed by atoms with Crippen LogP contribution in [-0.2, 0) is 0 Å². The molecule has 4 heteroatoms. The molecular weight excluding hydrogens is 114 g/mol. The van der Waals surface area contributed by atoms with Crippen molar-refractivity contribution in [2.75, 3.05) is 0 Å². The first-order valence-electron chi connectivity index (χ1n) is 1.97. The highest BCUT2D eigenvalue weighted by Gasteiger charge is 2.04. The average molecular weight is 117 g/mol. The van der Waals surface area contributed by atoms with Gasteiger partial charge in [0.2, 0.25) is 0 Å². The van der Waals surface area contributed by atoms with Crippen molar-refractivity contribution in [2.24, 2.45) is 0 Å². The second-order valence-corrected chi connectivity index (χ2v) is 1.21. The van der Waals surface area contributed by atoms with Gasteiger partial charge in [-0.05, 0) is 0 Å². The number of imidazole rings is 1. The Bertz CT molecular complexity index is 147. The van der Waals surface area contributed by atoms with Crippen LogP contribution in [0.2, 0.25) is 0 Å². The van der Waals surface area contributed by atoms with E-state index in [0.29, 0.717) is 4.57 Å². The molecule has 1 radical (unpaired) electrons. The molecule has 8 heavy (non-hydrogen) atoms. The summed E-state index contributed by atoms with van der Waals surface area (Å²) in [6.45, 7) is -1.76. The van der Waals surface area contributed by atoms with Gasteiger partial charge < -0.3 is 0 Å². The summed E-state index contributed by atoms with van der Waals surface area (Å²) in [5, 5.41) is 0. The minimum absolute atomic E-state index is 0.639. The van der Waals surface area contributed by atoms with Crippen LogP contribution in [0.15, 0.2) is 18.7 Å². The van der Waals surface area contributed by atoms with Gasteiger partial charge in [-0.1, -0.05) is 0 Å². The predicted octanol–water partition coefficient (Wildman–Crippen LogP) is 1.12. The van der Waals surface area contributed by atoms with E-state index >= 15 is 0 Å². The summed E-state index contributed by atoms with van der Waals surface area (Å²) in [6, 6.07) is 0. The molecule has 0 amide bonds. The van der Waals surface area contributed by atoms with E-state index < -0.39 is 6.55 Å². The van der Waals surface area contributed by atoms with Gasteiger partial charge in [-0.3, -0.25) is 4.57 Å². The Hall–Kier alpha value is -0.930. The van der Waals surface area contributed by atoms with Gasteiger partial charge in [0.1, 0.15) is 0 Å². The Morgan fingerprint density at radius 3 is 2.50 bits per heavy atom. The van der Waals surface area contributed by atoms with Crippen LogP contribution >= 0.6 is 0 Å². The molecule has 1 aromatic heterocycles. The maximum absolute atomic E-state index is 11.4. The summed E-state index contributed by atoms with van der Waals surface area (Å²) in [6.07, 6.45) is 3.50. The summed E-state index contributed by atoms with van der Waals surface area (Å²) < 4.78 is 23.5. The van der Waals surface area contributed by atoms with Crippen molar-refractivity contribution in [3.05, 3.63) is 25.3 Å². The third-order valence-corrected chi connectivity index (χ3v) is 0.700. The van der Waals surface area contributed by atoms with Gasteiger partial charge in [0, 0.05) is 12.4 Å². The lowest BCUT2D eigenvalue weighted by molar-refractivity contribution is 0.249. The minimum Gasteiger partial charge on any atom is -0.271 e. The zero-order valence-electron chi connectivity index (χ0n) is 3.88.